The average Bonchev–Trinajstić information content (AvgIpc) is 3.35. The Bertz CT molecular complexity index is 1460. The highest BCUT2D eigenvalue weighted by Crippen LogP contribution is 2.32. The minimum Gasteiger partial charge on any atom is -0.495 e. The van der Waals surface area contributed by atoms with Crippen molar-refractivity contribution in [3.8, 4) is 17.2 Å². The summed E-state index contributed by atoms with van der Waals surface area (Å²) < 4.78 is 43.2. The highest BCUT2D eigenvalue weighted by Gasteiger charge is 2.20. The Labute approximate surface area is 204 Å². The topological polar surface area (TPSA) is 175 Å². The number of nitro benzene ring substituents is 1. The second kappa shape index (κ2) is 9.79. The zero-order chi connectivity index (χ0) is 25.9. The number of anilines is 1. The van der Waals surface area contributed by atoms with Crippen LogP contribution in [0, 0.1) is 10.1 Å². The van der Waals surface area contributed by atoms with Crippen LogP contribution in [0.25, 0.3) is 0 Å². The monoisotopic (exact) mass is 514 g/mol. The number of benzene rings is 3. The van der Waals surface area contributed by atoms with E-state index in [0.717, 1.165) is 6.07 Å². The van der Waals surface area contributed by atoms with Crippen molar-refractivity contribution >= 4 is 33.2 Å². The Morgan fingerprint density at radius 3 is 2.22 bits per heavy atom. The molecule has 0 saturated heterocycles. The second-order valence-corrected chi connectivity index (χ2v) is 8.93. The van der Waals surface area contributed by atoms with Crippen LogP contribution in [0.1, 0.15) is 20.7 Å². The van der Waals surface area contributed by atoms with E-state index in [1.807, 2.05) is 0 Å². The van der Waals surface area contributed by atoms with E-state index in [2.05, 4.69) is 15.6 Å². The number of fused-ring (bicyclic) bond motifs is 1. The molecule has 1 aliphatic rings. The van der Waals surface area contributed by atoms with Crippen LogP contribution >= 0.6 is 0 Å². The van der Waals surface area contributed by atoms with Gasteiger partial charge in [0.25, 0.3) is 27.5 Å². The number of hydrogen-bond acceptors (Lipinski definition) is 9. The van der Waals surface area contributed by atoms with E-state index < -0.39 is 26.8 Å². The molecule has 0 aromatic heterocycles. The van der Waals surface area contributed by atoms with Gasteiger partial charge in [0.2, 0.25) is 6.79 Å². The van der Waals surface area contributed by atoms with Gasteiger partial charge in [-0.05, 0) is 48.5 Å². The van der Waals surface area contributed by atoms with Crippen LogP contribution in [-0.4, -0.2) is 39.1 Å². The number of hydrazine groups is 1. The zero-order valence-corrected chi connectivity index (χ0v) is 19.3. The van der Waals surface area contributed by atoms with Crippen molar-refractivity contribution < 1.29 is 37.1 Å². The van der Waals surface area contributed by atoms with Crippen LogP contribution in [0.5, 0.6) is 17.2 Å². The van der Waals surface area contributed by atoms with Crippen molar-refractivity contribution in [1.29, 1.82) is 0 Å². The van der Waals surface area contributed by atoms with Gasteiger partial charge in [0.1, 0.15) is 5.75 Å². The maximum Gasteiger partial charge on any atom is 0.271 e. The lowest BCUT2D eigenvalue weighted by Gasteiger charge is -2.12. The van der Waals surface area contributed by atoms with Gasteiger partial charge in [-0.1, -0.05) is 0 Å². The fraction of sp³-hybridized carbons (Fsp3) is 0.0909. The van der Waals surface area contributed by atoms with E-state index in [1.54, 1.807) is 6.07 Å². The predicted octanol–water partition coefficient (Wildman–Crippen LogP) is 2.21. The number of nitrogens with one attached hydrogen (secondary N) is 3. The summed E-state index contributed by atoms with van der Waals surface area (Å²) in [6, 6.07) is 12.8. The maximum absolute atomic E-state index is 12.8. The largest absolute Gasteiger partial charge is 0.495 e. The molecule has 186 valence electrons. The number of non-ortho nitro benzene ring substituents is 1. The van der Waals surface area contributed by atoms with Gasteiger partial charge in [-0.2, -0.15) is 0 Å². The molecular formula is C22H18N4O9S. The Morgan fingerprint density at radius 1 is 0.917 bits per heavy atom. The minimum absolute atomic E-state index is 0.0528. The molecule has 0 atom stereocenters. The van der Waals surface area contributed by atoms with Crippen LogP contribution in [0.4, 0.5) is 11.4 Å². The fourth-order valence-electron chi connectivity index (χ4n) is 3.17. The number of nitrogens with zero attached hydrogens (tertiary/aromatic N) is 1. The maximum atomic E-state index is 12.8. The molecule has 2 amide bonds. The van der Waals surface area contributed by atoms with Crippen molar-refractivity contribution in [2.24, 2.45) is 0 Å². The third-order valence-electron chi connectivity index (χ3n) is 4.99. The van der Waals surface area contributed by atoms with Crippen molar-refractivity contribution in [3.05, 3.63) is 81.9 Å². The third kappa shape index (κ3) is 5.12. The first-order chi connectivity index (χ1) is 17.2. The molecule has 0 radical (unpaired) electrons. The SMILES string of the molecule is COc1ccc([N+](=O)[O-])cc1NS(=O)(=O)c1ccc(C(=O)NNC(=O)c2ccc3c(c2)OCO3)cc1. The Hall–Kier alpha value is -4.85. The van der Waals surface area contributed by atoms with Crippen LogP contribution in [0.2, 0.25) is 0 Å². The number of amides is 2. The molecule has 1 heterocycles. The lowest BCUT2D eigenvalue weighted by Crippen LogP contribution is -2.41. The number of carbonyl (C=O) groups is 2. The molecular weight excluding hydrogens is 496 g/mol. The number of methoxy groups -OCH3 is 1. The first-order valence-electron chi connectivity index (χ1n) is 10.1. The highest BCUT2D eigenvalue weighted by atomic mass is 32.2. The first kappa shape index (κ1) is 24.3. The molecule has 0 bridgehead atoms. The average molecular weight is 514 g/mol. The van der Waals surface area contributed by atoms with E-state index in [9.17, 15) is 28.1 Å². The van der Waals surface area contributed by atoms with Crippen molar-refractivity contribution in [1.82, 2.24) is 10.9 Å². The normalized spacial score (nSPS) is 11.9. The van der Waals surface area contributed by atoms with Gasteiger partial charge in [0.15, 0.2) is 11.5 Å². The number of sulfonamides is 1. The van der Waals surface area contributed by atoms with Crippen molar-refractivity contribution in [2.45, 2.75) is 4.90 Å². The molecule has 0 aliphatic carbocycles. The summed E-state index contributed by atoms with van der Waals surface area (Å²) in [5.41, 5.74) is 4.33. The van der Waals surface area contributed by atoms with Crippen LogP contribution in [0.3, 0.4) is 0 Å². The van der Waals surface area contributed by atoms with E-state index in [-0.39, 0.29) is 39.9 Å². The van der Waals surface area contributed by atoms with E-state index in [4.69, 9.17) is 14.2 Å². The summed E-state index contributed by atoms with van der Waals surface area (Å²) in [4.78, 5) is 34.8. The van der Waals surface area contributed by atoms with Gasteiger partial charge < -0.3 is 14.2 Å². The molecule has 3 aromatic rings. The van der Waals surface area contributed by atoms with E-state index >= 15 is 0 Å². The lowest BCUT2D eigenvalue weighted by atomic mass is 10.2. The smallest absolute Gasteiger partial charge is 0.271 e. The molecule has 13 nitrogen and oxygen atoms in total. The molecule has 1 aliphatic heterocycles. The first-order valence-corrected chi connectivity index (χ1v) is 11.6. The molecule has 0 saturated carbocycles. The summed E-state index contributed by atoms with van der Waals surface area (Å²) in [5.74, 6) is -0.304. The molecule has 0 unspecified atom stereocenters. The van der Waals surface area contributed by atoms with Gasteiger partial charge >= 0.3 is 0 Å². The summed E-state index contributed by atoms with van der Waals surface area (Å²) in [6.07, 6.45) is 0. The Balaban J connectivity index is 1.42. The fourth-order valence-corrected chi connectivity index (χ4v) is 4.24. The number of nitro groups is 1. The van der Waals surface area contributed by atoms with E-state index in [0.29, 0.717) is 11.5 Å². The molecule has 3 N–H and O–H groups in total. The molecule has 0 spiro atoms. The molecule has 0 fully saturated rings. The minimum atomic E-state index is -4.17. The highest BCUT2D eigenvalue weighted by molar-refractivity contribution is 7.92. The number of hydrogen-bond donors (Lipinski definition) is 3. The Kier molecular flexibility index (Phi) is 6.60. The summed E-state index contributed by atoms with van der Waals surface area (Å²) in [6.45, 7) is 0.0528. The summed E-state index contributed by atoms with van der Waals surface area (Å²) >= 11 is 0. The molecule has 36 heavy (non-hydrogen) atoms. The molecule has 4 rings (SSSR count). The second-order valence-electron chi connectivity index (χ2n) is 7.25. The molecule has 3 aromatic carbocycles. The van der Waals surface area contributed by atoms with Gasteiger partial charge in [-0.3, -0.25) is 35.3 Å². The van der Waals surface area contributed by atoms with Crippen LogP contribution < -0.4 is 29.8 Å². The Morgan fingerprint density at radius 2 is 1.56 bits per heavy atom. The van der Waals surface area contributed by atoms with Crippen LogP contribution in [0.15, 0.2) is 65.6 Å². The van der Waals surface area contributed by atoms with Crippen molar-refractivity contribution in [3.63, 3.8) is 0 Å². The quantitative estimate of drug-likeness (QED) is 0.315. The van der Waals surface area contributed by atoms with Gasteiger partial charge in [-0.25, -0.2) is 8.42 Å². The predicted molar refractivity (Wildman–Crippen MR) is 124 cm³/mol. The van der Waals surface area contributed by atoms with Crippen LogP contribution in [-0.2, 0) is 10.0 Å². The number of ether oxygens (including phenoxy) is 3. The zero-order valence-electron chi connectivity index (χ0n) is 18.5. The lowest BCUT2D eigenvalue weighted by molar-refractivity contribution is -0.384. The number of carbonyl (C=O) groups excluding carboxylic acids is 2. The third-order valence-corrected chi connectivity index (χ3v) is 6.37. The van der Waals surface area contributed by atoms with Gasteiger partial charge in [0.05, 0.1) is 22.6 Å². The van der Waals surface area contributed by atoms with Crippen molar-refractivity contribution in [2.75, 3.05) is 18.6 Å². The summed E-state index contributed by atoms with van der Waals surface area (Å²) in [7, 11) is -2.88. The van der Waals surface area contributed by atoms with Gasteiger partial charge in [0, 0.05) is 23.3 Å². The summed E-state index contributed by atoms with van der Waals surface area (Å²) in [5, 5.41) is 11.0. The standard InChI is InChI=1S/C22H18N4O9S/c1-33-18-9-5-15(26(29)30)11-17(18)25-36(31,32)16-6-2-13(3-7-16)21(27)23-24-22(28)14-4-8-19-20(10-14)35-12-34-19/h2-11,25H,12H2,1H3,(H,23,27)(H,24,28). The van der Waals surface area contributed by atoms with E-state index in [1.165, 1.54) is 55.6 Å². The van der Waals surface area contributed by atoms with Gasteiger partial charge in [-0.15, -0.1) is 0 Å². The number of rotatable bonds is 7. The molecule has 14 heteroatoms.